The van der Waals surface area contributed by atoms with Crippen LogP contribution in [-0.2, 0) is 20.7 Å². The van der Waals surface area contributed by atoms with Crippen molar-refractivity contribution in [2.45, 2.75) is 52.7 Å². The number of hydrogen-bond donors (Lipinski definition) is 2. The van der Waals surface area contributed by atoms with Crippen LogP contribution in [0.5, 0.6) is 0 Å². The van der Waals surface area contributed by atoms with E-state index in [0.29, 0.717) is 19.5 Å². The molecule has 0 aromatic carbocycles. The first-order chi connectivity index (χ1) is 17.7. The lowest BCUT2D eigenvalue weighted by Crippen LogP contribution is -2.36. The minimum Gasteiger partial charge on any atom is -0.457 e. The average Bonchev–Trinajstić information content (AvgIpc) is 3.52. The molecule has 0 radical (unpaired) electrons. The van der Waals surface area contributed by atoms with E-state index in [9.17, 15) is 19.5 Å². The Balaban J connectivity index is 1.87. The Hall–Kier alpha value is -3.72. The summed E-state index contributed by atoms with van der Waals surface area (Å²) in [4.78, 5) is 44.0. The van der Waals surface area contributed by atoms with E-state index >= 15 is 0 Å². The summed E-state index contributed by atoms with van der Waals surface area (Å²) in [7, 11) is 0. The van der Waals surface area contributed by atoms with Gasteiger partial charge in [-0.05, 0) is 25.3 Å². The average molecular weight is 510 g/mol. The van der Waals surface area contributed by atoms with Crippen LogP contribution in [0.2, 0.25) is 0 Å². The Morgan fingerprint density at radius 2 is 1.97 bits per heavy atom. The number of cyclic esters (lactones) is 1. The van der Waals surface area contributed by atoms with E-state index in [1.807, 2.05) is 45.9 Å². The molecule has 198 valence electrons. The Kier molecular flexibility index (Phi) is 9.79. The molecule has 0 aliphatic carbocycles. The smallest absolute Gasteiger partial charge is 0.355 e. The van der Waals surface area contributed by atoms with E-state index in [4.69, 9.17) is 9.15 Å². The number of fused-ring (bicyclic) bond motifs is 3. The quantitative estimate of drug-likeness (QED) is 0.557. The summed E-state index contributed by atoms with van der Waals surface area (Å²) in [6, 6.07) is 0. The number of rotatable bonds is 1. The van der Waals surface area contributed by atoms with Gasteiger partial charge in [-0.3, -0.25) is 9.59 Å². The number of carbonyl (C=O) groups excluding carboxylic acids is 3. The van der Waals surface area contributed by atoms with Gasteiger partial charge >= 0.3 is 5.97 Å². The highest BCUT2D eigenvalue weighted by atomic mass is 16.5. The maximum absolute atomic E-state index is 13.1. The van der Waals surface area contributed by atoms with E-state index in [-0.39, 0.29) is 41.4 Å². The van der Waals surface area contributed by atoms with Gasteiger partial charge in [-0.15, -0.1) is 0 Å². The van der Waals surface area contributed by atoms with Gasteiger partial charge in [0.15, 0.2) is 11.6 Å². The number of allylic oxidation sites excluding steroid dienone is 4. The molecule has 2 bridgehead atoms. The van der Waals surface area contributed by atoms with Gasteiger partial charge in [0.1, 0.15) is 18.1 Å². The summed E-state index contributed by atoms with van der Waals surface area (Å²) >= 11 is 0. The van der Waals surface area contributed by atoms with Crippen molar-refractivity contribution in [2.24, 2.45) is 11.8 Å². The van der Waals surface area contributed by atoms with Crippen molar-refractivity contribution >= 4 is 17.8 Å². The number of nitrogens with zero attached hydrogens (tertiary/aromatic N) is 2. The number of aliphatic hydroxyl groups is 1. The highest BCUT2D eigenvalue weighted by Crippen LogP contribution is 2.24. The largest absolute Gasteiger partial charge is 0.457 e. The standard InChI is InChI=1S/C28H35N3O6/c1-18(2)26-20(4)12-13-24(33)29-14-6-9-19(3)8-5-10-21(32)16-25-30-22(17-36-25)27(34)31-15-7-11-23(31)28(35)37-26/h5-6,8-13,17-18,20-21,26,32H,7,14-16H2,1-4H3,(H,29,33)/b9-6+,10-5+,13-12+,19-8+/t20-,21-,26-/m1/s1. The summed E-state index contributed by atoms with van der Waals surface area (Å²) in [5.41, 5.74) is 1.14. The van der Waals surface area contributed by atoms with Crippen LogP contribution in [-0.4, -0.2) is 58.1 Å². The van der Waals surface area contributed by atoms with E-state index in [1.54, 1.807) is 24.3 Å². The Labute approximate surface area is 217 Å². The second-order valence-electron chi connectivity index (χ2n) is 9.51. The Morgan fingerprint density at radius 3 is 2.73 bits per heavy atom. The van der Waals surface area contributed by atoms with E-state index < -0.39 is 24.1 Å². The molecule has 2 amide bonds. The van der Waals surface area contributed by atoms with E-state index in [0.717, 1.165) is 5.57 Å². The third-order valence-corrected chi connectivity index (χ3v) is 6.03. The fourth-order valence-electron chi connectivity index (χ4n) is 4.09. The second-order valence-corrected chi connectivity index (χ2v) is 9.51. The van der Waals surface area contributed by atoms with Crippen molar-refractivity contribution in [3.8, 4) is 0 Å². The molecule has 2 N–H and O–H groups in total. The normalized spacial score (nSPS) is 28.4. The molecule has 3 heterocycles. The lowest BCUT2D eigenvalue weighted by Gasteiger charge is -2.27. The van der Waals surface area contributed by atoms with E-state index in [2.05, 4.69) is 10.3 Å². The number of aromatic nitrogens is 1. The summed E-state index contributed by atoms with van der Waals surface area (Å²) in [6.45, 7) is 8.31. The predicted octanol–water partition coefficient (Wildman–Crippen LogP) is 3.26. The number of hydrogen-bond acceptors (Lipinski definition) is 7. The van der Waals surface area contributed by atoms with Crippen LogP contribution in [0.15, 0.2) is 70.6 Å². The molecule has 9 heteroatoms. The van der Waals surface area contributed by atoms with Crippen LogP contribution in [0, 0.1) is 11.8 Å². The molecule has 3 atom stereocenters. The van der Waals surface area contributed by atoms with Crippen LogP contribution in [0.25, 0.3) is 0 Å². The predicted molar refractivity (Wildman–Crippen MR) is 138 cm³/mol. The molecule has 0 fully saturated rings. The van der Waals surface area contributed by atoms with Gasteiger partial charge in [-0.2, -0.15) is 0 Å². The van der Waals surface area contributed by atoms with E-state index in [1.165, 1.54) is 17.2 Å². The minimum atomic E-state index is -0.866. The third kappa shape index (κ3) is 7.88. The molecule has 9 nitrogen and oxygen atoms in total. The molecular formula is C28H35N3O6. The summed E-state index contributed by atoms with van der Waals surface area (Å²) in [5.74, 6) is -1.39. The molecular weight excluding hydrogens is 474 g/mol. The minimum absolute atomic E-state index is 0.0249. The number of aliphatic hydroxyl groups excluding tert-OH is 1. The molecule has 1 aromatic heterocycles. The van der Waals surface area contributed by atoms with Crippen LogP contribution in [0.4, 0.5) is 0 Å². The van der Waals surface area contributed by atoms with Crippen molar-refractivity contribution in [1.82, 2.24) is 15.2 Å². The van der Waals surface area contributed by atoms with Crippen LogP contribution in [0.3, 0.4) is 0 Å². The van der Waals surface area contributed by atoms with Crippen molar-refractivity contribution < 1.29 is 28.6 Å². The third-order valence-electron chi connectivity index (χ3n) is 6.03. The molecule has 1 aromatic rings. The van der Waals surface area contributed by atoms with Gasteiger partial charge in [0.05, 0.1) is 12.5 Å². The molecule has 3 rings (SSSR count). The van der Waals surface area contributed by atoms with Crippen LogP contribution < -0.4 is 5.32 Å². The molecule has 0 unspecified atom stereocenters. The van der Waals surface area contributed by atoms with Crippen molar-refractivity contribution in [3.05, 3.63) is 77.7 Å². The zero-order valence-electron chi connectivity index (χ0n) is 21.7. The summed E-state index contributed by atoms with van der Waals surface area (Å²) in [6.07, 6.45) is 14.1. The molecule has 37 heavy (non-hydrogen) atoms. The maximum atomic E-state index is 13.1. The number of esters is 1. The first kappa shape index (κ1) is 27.9. The number of carbonyl (C=O) groups is 3. The number of amides is 2. The zero-order valence-corrected chi connectivity index (χ0v) is 21.7. The van der Waals surface area contributed by atoms with Crippen molar-refractivity contribution in [2.75, 3.05) is 13.1 Å². The second kappa shape index (κ2) is 13.0. The first-order valence-electron chi connectivity index (χ1n) is 12.5. The van der Waals surface area contributed by atoms with Gasteiger partial charge in [0.2, 0.25) is 5.91 Å². The van der Waals surface area contributed by atoms with Crippen LogP contribution >= 0.6 is 0 Å². The highest BCUT2D eigenvalue weighted by Gasteiger charge is 2.33. The molecule has 0 saturated carbocycles. The first-order valence-corrected chi connectivity index (χ1v) is 12.5. The van der Waals surface area contributed by atoms with Gasteiger partial charge in [0, 0.05) is 19.0 Å². The van der Waals surface area contributed by atoms with Gasteiger partial charge in [-0.1, -0.05) is 68.9 Å². The number of ether oxygens (including phenoxy) is 1. The topological polar surface area (TPSA) is 122 Å². The fourth-order valence-corrected chi connectivity index (χ4v) is 4.09. The molecule has 0 saturated heterocycles. The Bertz CT molecular complexity index is 1140. The SMILES string of the molecule is CC1=C\C=C\[C@@H](O)Cc2nc(co2)C(=O)N2CCC=C2C(=O)O[C@H](C(C)C)[C@H](C)/C=C/C(=O)NC\C=C\1. The lowest BCUT2D eigenvalue weighted by molar-refractivity contribution is -0.149. The lowest BCUT2D eigenvalue weighted by atomic mass is 9.94. The van der Waals surface area contributed by atoms with Crippen LogP contribution in [0.1, 0.15) is 50.5 Å². The fraction of sp³-hybridized carbons (Fsp3) is 0.429. The molecule has 2 aliphatic heterocycles. The van der Waals surface area contributed by atoms with Crippen molar-refractivity contribution in [1.29, 1.82) is 0 Å². The van der Waals surface area contributed by atoms with Gasteiger partial charge < -0.3 is 24.5 Å². The van der Waals surface area contributed by atoms with Crippen molar-refractivity contribution in [3.63, 3.8) is 0 Å². The Morgan fingerprint density at radius 1 is 1.19 bits per heavy atom. The monoisotopic (exact) mass is 509 g/mol. The summed E-state index contributed by atoms with van der Waals surface area (Å²) < 4.78 is 11.2. The summed E-state index contributed by atoms with van der Waals surface area (Å²) in [5, 5.41) is 13.1. The highest BCUT2D eigenvalue weighted by molar-refractivity contribution is 6.00. The van der Waals surface area contributed by atoms with Gasteiger partial charge in [0.25, 0.3) is 5.91 Å². The number of nitrogens with one attached hydrogen (secondary N) is 1. The number of oxazole rings is 1. The van der Waals surface area contributed by atoms with Gasteiger partial charge in [-0.25, -0.2) is 9.78 Å². The maximum Gasteiger partial charge on any atom is 0.355 e. The zero-order chi connectivity index (χ0) is 26.9. The molecule has 0 spiro atoms. The molecule has 2 aliphatic rings.